The second-order valence-corrected chi connectivity index (χ2v) is 5.75. The van der Waals surface area contributed by atoms with Crippen LogP contribution in [0.3, 0.4) is 0 Å². The molecule has 0 radical (unpaired) electrons. The zero-order valence-electron chi connectivity index (χ0n) is 9.43. The van der Waals surface area contributed by atoms with Gasteiger partial charge in [-0.3, -0.25) is 9.69 Å². The molecule has 92 valence electrons. The molecule has 1 aliphatic heterocycles. The van der Waals surface area contributed by atoms with Gasteiger partial charge in [0, 0.05) is 11.6 Å². The van der Waals surface area contributed by atoms with Crippen molar-refractivity contribution in [1.29, 1.82) is 0 Å². The molecule has 0 aliphatic carbocycles. The molecule has 0 N–H and O–H groups in total. The predicted molar refractivity (Wildman–Crippen MR) is 81.5 cm³/mol. The van der Waals surface area contributed by atoms with Gasteiger partial charge >= 0.3 is 0 Å². The molecule has 0 atom stereocenters. The van der Waals surface area contributed by atoms with Crippen LogP contribution >= 0.6 is 35.6 Å². The minimum atomic E-state index is -0.0788. The van der Waals surface area contributed by atoms with Gasteiger partial charge in [0.25, 0.3) is 5.91 Å². The molecule has 0 spiro atoms. The maximum atomic E-state index is 12.1. The number of hydrogen-bond acceptors (Lipinski definition) is 3. The van der Waals surface area contributed by atoms with Crippen molar-refractivity contribution in [2.75, 3.05) is 6.54 Å². The van der Waals surface area contributed by atoms with Gasteiger partial charge in [0.15, 0.2) is 0 Å². The summed E-state index contributed by atoms with van der Waals surface area (Å²) in [6.07, 6.45) is 3.46. The van der Waals surface area contributed by atoms with Crippen LogP contribution in [0.5, 0.6) is 0 Å². The number of thioether (sulfide) groups is 1. The number of hydrogen-bond donors (Lipinski definition) is 0. The van der Waals surface area contributed by atoms with Crippen LogP contribution in [-0.4, -0.2) is 21.7 Å². The summed E-state index contributed by atoms with van der Waals surface area (Å²) in [5.74, 6) is -0.0788. The molecule has 1 amide bonds. The van der Waals surface area contributed by atoms with E-state index >= 15 is 0 Å². The highest BCUT2D eigenvalue weighted by Crippen LogP contribution is 2.32. The van der Waals surface area contributed by atoms with Crippen molar-refractivity contribution in [2.24, 2.45) is 0 Å². The molecule has 5 heteroatoms. The Balaban J connectivity index is 2.27. The third-order valence-corrected chi connectivity index (χ3v) is 3.94. The molecule has 1 saturated heterocycles. The number of carbonyl (C=O) groups excluding carboxylic acids is 1. The molecular formula is C13H10ClNOS2. The summed E-state index contributed by atoms with van der Waals surface area (Å²) in [6, 6.07) is 7.34. The molecule has 0 unspecified atom stereocenters. The summed E-state index contributed by atoms with van der Waals surface area (Å²) in [6.45, 7) is 4.06. The number of rotatable bonds is 3. The van der Waals surface area contributed by atoms with Crippen molar-refractivity contribution in [3.8, 4) is 0 Å². The van der Waals surface area contributed by atoms with Gasteiger partial charge in [-0.1, -0.05) is 53.8 Å². The van der Waals surface area contributed by atoms with Crippen LogP contribution < -0.4 is 0 Å². The molecule has 2 nitrogen and oxygen atoms in total. The summed E-state index contributed by atoms with van der Waals surface area (Å²) in [7, 11) is 0. The molecule has 1 aliphatic rings. The summed E-state index contributed by atoms with van der Waals surface area (Å²) in [4.78, 5) is 14.2. The second-order valence-electron chi connectivity index (χ2n) is 3.64. The maximum absolute atomic E-state index is 12.1. The number of amides is 1. The van der Waals surface area contributed by atoms with Crippen LogP contribution in [0, 0.1) is 0 Å². The number of carbonyl (C=O) groups is 1. The molecule has 0 saturated carbocycles. The van der Waals surface area contributed by atoms with Gasteiger partial charge in [-0.05, 0) is 23.8 Å². The maximum Gasteiger partial charge on any atom is 0.266 e. The molecule has 1 heterocycles. The van der Waals surface area contributed by atoms with Gasteiger partial charge in [-0.25, -0.2) is 0 Å². The largest absolute Gasteiger partial charge is 0.289 e. The minimum Gasteiger partial charge on any atom is -0.289 e. The molecule has 18 heavy (non-hydrogen) atoms. The Hall–Kier alpha value is -1.10. The Morgan fingerprint density at radius 1 is 1.50 bits per heavy atom. The van der Waals surface area contributed by atoms with Crippen LogP contribution in [0.4, 0.5) is 0 Å². The zero-order chi connectivity index (χ0) is 13.1. The summed E-state index contributed by atoms with van der Waals surface area (Å²) in [5.41, 5.74) is 0.890. The van der Waals surface area contributed by atoms with Gasteiger partial charge in [0.2, 0.25) is 0 Å². The van der Waals surface area contributed by atoms with E-state index in [1.165, 1.54) is 16.7 Å². The first kappa shape index (κ1) is 13.3. The first-order valence-corrected chi connectivity index (χ1v) is 6.84. The van der Waals surface area contributed by atoms with E-state index in [0.717, 1.165) is 5.56 Å². The Bertz CT molecular complexity index is 554. The Labute approximate surface area is 120 Å². The van der Waals surface area contributed by atoms with Crippen molar-refractivity contribution in [2.45, 2.75) is 0 Å². The Morgan fingerprint density at radius 2 is 2.28 bits per heavy atom. The van der Waals surface area contributed by atoms with Crippen molar-refractivity contribution in [3.05, 3.63) is 52.4 Å². The van der Waals surface area contributed by atoms with E-state index in [1.807, 2.05) is 18.2 Å². The van der Waals surface area contributed by atoms with Crippen LogP contribution in [0.2, 0.25) is 5.02 Å². The predicted octanol–water partition coefficient (Wildman–Crippen LogP) is 3.73. The fraction of sp³-hybridized carbons (Fsp3) is 0.0769. The topological polar surface area (TPSA) is 20.3 Å². The third kappa shape index (κ3) is 2.83. The summed E-state index contributed by atoms with van der Waals surface area (Å²) < 4.78 is 0.563. The minimum absolute atomic E-state index is 0.0788. The summed E-state index contributed by atoms with van der Waals surface area (Å²) in [5, 5.41) is 0.644. The van der Waals surface area contributed by atoms with Crippen molar-refractivity contribution in [3.63, 3.8) is 0 Å². The Morgan fingerprint density at radius 3 is 2.94 bits per heavy atom. The van der Waals surface area contributed by atoms with Crippen LogP contribution in [0.15, 0.2) is 41.8 Å². The molecule has 1 aromatic carbocycles. The van der Waals surface area contributed by atoms with Gasteiger partial charge in [0.05, 0.1) is 4.91 Å². The molecule has 0 aromatic heterocycles. The normalized spacial score (nSPS) is 17.6. The monoisotopic (exact) mass is 295 g/mol. The first-order chi connectivity index (χ1) is 8.61. The van der Waals surface area contributed by atoms with Crippen LogP contribution in [0.1, 0.15) is 5.56 Å². The average Bonchev–Trinajstić information content (AvgIpc) is 2.57. The average molecular weight is 296 g/mol. The van der Waals surface area contributed by atoms with E-state index in [1.54, 1.807) is 18.2 Å². The molecule has 1 fully saturated rings. The highest BCUT2D eigenvalue weighted by molar-refractivity contribution is 8.26. The van der Waals surface area contributed by atoms with Gasteiger partial charge in [-0.15, -0.1) is 6.58 Å². The highest BCUT2D eigenvalue weighted by atomic mass is 35.5. The number of halogens is 1. The van der Waals surface area contributed by atoms with E-state index in [4.69, 9.17) is 23.8 Å². The number of benzene rings is 1. The van der Waals surface area contributed by atoms with Crippen molar-refractivity contribution >= 4 is 51.9 Å². The van der Waals surface area contributed by atoms with Gasteiger partial charge in [-0.2, -0.15) is 0 Å². The summed E-state index contributed by atoms with van der Waals surface area (Å²) >= 11 is 12.4. The van der Waals surface area contributed by atoms with E-state index in [9.17, 15) is 4.79 Å². The van der Waals surface area contributed by atoms with Crippen molar-refractivity contribution in [1.82, 2.24) is 4.90 Å². The standard InChI is InChI=1S/C13H10ClNOS2/c1-2-6-15-12(16)11(18-13(15)17)8-9-4-3-5-10(14)7-9/h2-5,7-8H,1,6H2/b11-8+. The van der Waals surface area contributed by atoms with Crippen molar-refractivity contribution < 1.29 is 4.79 Å². The lowest BCUT2D eigenvalue weighted by atomic mass is 10.2. The molecular weight excluding hydrogens is 286 g/mol. The molecule has 2 rings (SSSR count). The smallest absolute Gasteiger partial charge is 0.266 e. The zero-order valence-corrected chi connectivity index (χ0v) is 11.8. The van der Waals surface area contributed by atoms with E-state index in [-0.39, 0.29) is 5.91 Å². The first-order valence-electron chi connectivity index (χ1n) is 5.23. The highest BCUT2D eigenvalue weighted by Gasteiger charge is 2.30. The van der Waals surface area contributed by atoms with Crippen LogP contribution in [0.25, 0.3) is 6.08 Å². The molecule has 0 bridgehead atoms. The van der Waals surface area contributed by atoms with Crippen LogP contribution in [-0.2, 0) is 4.79 Å². The van der Waals surface area contributed by atoms with E-state index < -0.39 is 0 Å². The lowest BCUT2D eigenvalue weighted by molar-refractivity contribution is -0.121. The Kier molecular flexibility index (Phi) is 4.22. The fourth-order valence-corrected chi connectivity index (χ4v) is 3.01. The van der Waals surface area contributed by atoms with Gasteiger partial charge < -0.3 is 0 Å². The number of thiocarbonyl (C=S) groups is 1. The van der Waals surface area contributed by atoms with E-state index in [0.29, 0.717) is 20.8 Å². The third-order valence-electron chi connectivity index (χ3n) is 2.33. The second kappa shape index (κ2) is 5.69. The molecule has 1 aromatic rings. The lowest BCUT2D eigenvalue weighted by Gasteiger charge is -2.10. The SMILES string of the molecule is C=CCN1C(=O)/C(=C\c2cccc(Cl)c2)SC1=S. The van der Waals surface area contributed by atoms with E-state index in [2.05, 4.69) is 6.58 Å². The lowest BCUT2D eigenvalue weighted by Crippen LogP contribution is -2.27. The fourth-order valence-electron chi connectivity index (χ4n) is 1.53. The van der Waals surface area contributed by atoms with Gasteiger partial charge in [0.1, 0.15) is 4.32 Å². The quantitative estimate of drug-likeness (QED) is 0.481. The number of nitrogens with zero attached hydrogens (tertiary/aromatic N) is 1.